The number of benzene rings is 1. The van der Waals surface area contributed by atoms with Crippen molar-refractivity contribution in [2.45, 2.75) is 0 Å². The van der Waals surface area contributed by atoms with E-state index in [9.17, 15) is 8.42 Å². The van der Waals surface area contributed by atoms with Gasteiger partial charge in [0.2, 0.25) is 15.4 Å². The van der Waals surface area contributed by atoms with Gasteiger partial charge in [0.15, 0.2) is 4.98 Å². The smallest absolute Gasteiger partial charge is 0.258 e. The first-order valence-electron chi connectivity index (χ1n) is 4.61. The zero-order valence-electron chi connectivity index (χ0n) is 9.17. The van der Waals surface area contributed by atoms with Crippen molar-refractivity contribution in [3.05, 3.63) is 40.3 Å². The maximum atomic E-state index is 11.7. The van der Waals surface area contributed by atoms with Gasteiger partial charge in [0.1, 0.15) is 5.69 Å². The summed E-state index contributed by atoms with van der Waals surface area (Å²) in [5, 5.41) is 8.84. The summed E-state index contributed by atoms with van der Waals surface area (Å²) in [6, 6.07) is 6.40. The highest BCUT2D eigenvalue weighted by atomic mass is 79.9. The van der Waals surface area contributed by atoms with Crippen molar-refractivity contribution in [3.63, 3.8) is 0 Å². The van der Waals surface area contributed by atoms with Crippen LogP contribution in [0.1, 0.15) is 0 Å². The molecule has 0 N–H and O–H groups in total. The lowest BCUT2D eigenvalue weighted by Crippen LogP contribution is -2.30. The van der Waals surface area contributed by atoms with E-state index in [-0.39, 0.29) is 12.2 Å². The summed E-state index contributed by atoms with van der Waals surface area (Å²) >= 11 is 3.12. The molecule has 0 aliphatic carbocycles. The summed E-state index contributed by atoms with van der Waals surface area (Å²) in [7, 11) is -3.47. The summed E-state index contributed by atoms with van der Waals surface area (Å²) in [4.78, 5) is 3.06. The lowest BCUT2D eigenvalue weighted by atomic mass is 10.2. The molecule has 0 radical (unpaired) electrons. The van der Waals surface area contributed by atoms with Crippen molar-refractivity contribution in [2.75, 3.05) is 17.1 Å². The Hall–Kier alpha value is -1.39. The second-order valence-electron chi connectivity index (χ2n) is 3.38. The van der Waals surface area contributed by atoms with Gasteiger partial charge in [-0.3, -0.25) is 4.31 Å². The second-order valence-corrected chi connectivity index (χ2v) is 6.40. The van der Waals surface area contributed by atoms with E-state index in [1.165, 1.54) is 6.07 Å². The number of hydrogen-bond donors (Lipinski definition) is 0. The monoisotopic (exact) mass is 316 g/mol. The summed E-state index contributed by atoms with van der Waals surface area (Å²) in [5.74, 6) is 0. The Morgan fingerprint density at radius 2 is 2.12 bits per heavy atom. The van der Waals surface area contributed by atoms with Gasteiger partial charge in [0.05, 0.1) is 12.8 Å². The van der Waals surface area contributed by atoms with Gasteiger partial charge in [0.25, 0.3) is 0 Å². The predicted molar refractivity (Wildman–Crippen MR) is 71.4 cm³/mol. The highest BCUT2D eigenvalue weighted by Gasteiger charge is 2.25. The molecule has 0 amide bonds. The quantitative estimate of drug-likeness (QED) is 0.802. The predicted octanol–water partition coefficient (Wildman–Crippen LogP) is 2.85. The number of sulfonamides is 1. The summed E-state index contributed by atoms with van der Waals surface area (Å²) in [6.07, 6.45) is 1.08. The minimum Gasteiger partial charge on any atom is -0.258 e. The van der Waals surface area contributed by atoms with Crippen LogP contribution < -0.4 is 4.31 Å². The van der Waals surface area contributed by atoms with E-state index in [0.29, 0.717) is 10.2 Å². The van der Waals surface area contributed by atoms with Crippen LogP contribution in [0.3, 0.4) is 0 Å². The number of halogens is 1. The van der Waals surface area contributed by atoms with E-state index in [2.05, 4.69) is 27.5 Å². The molecule has 1 rings (SSSR count). The molecule has 0 fully saturated rings. The van der Waals surface area contributed by atoms with E-state index >= 15 is 0 Å². The first-order valence-corrected chi connectivity index (χ1v) is 7.25. The Labute approximate surface area is 109 Å². The Balaban J connectivity index is 3.33. The topological polar surface area (TPSA) is 65.5 Å². The first kappa shape index (κ1) is 13.7. The van der Waals surface area contributed by atoms with Crippen LogP contribution in [0, 0.1) is 5.39 Å². The third-order valence-electron chi connectivity index (χ3n) is 1.97. The zero-order valence-corrected chi connectivity index (χ0v) is 11.6. The third-order valence-corrected chi connectivity index (χ3v) is 3.35. The molecule has 0 atom stereocenters. The highest BCUT2D eigenvalue weighted by Crippen LogP contribution is 2.30. The van der Waals surface area contributed by atoms with Crippen LogP contribution in [0.4, 0.5) is 11.4 Å². The average Bonchev–Trinajstić information content (AvgIpc) is 2.24. The largest absolute Gasteiger partial charge is 0.409 e. The molecule has 1 aromatic rings. The second kappa shape index (κ2) is 5.29. The van der Waals surface area contributed by atoms with Crippen molar-refractivity contribution in [3.8, 4) is 0 Å². The van der Waals surface area contributed by atoms with Gasteiger partial charge in [-0.25, -0.2) is 8.42 Å². The maximum absolute atomic E-state index is 11.7. The molecular weight excluding hydrogens is 306 g/mol. The molecule has 7 heteroatoms. The van der Waals surface area contributed by atoms with Crippen molar-refractivity contribution in [2.24, 2.45) is 0 Å². The van der Waals surface area contributed by atoms with Gasteiger partial charge < -0.3 is 0 Å². The van der Waals surface area contributed by atoms with Crippen LogP contribution in [-0.4, -0.2) is 21.2 Å². The maximum Gasteiger partial charge on any atom is 0.409 e. The molecular formula is C10H11BrN3O2S+. The van der Waals surface area contributed by atoms with Gasteiger partial charge in [-0.05, 0) is 6.07 Å². The molecule has 0 aliphatic rings. The number of anilines is 1. The standard InChI is InChI=1S/C10H11BrN3O2S/c1-8(11)7-14(17(2,15)16)10-6-4-3-5-9(10)13-12/h3-6H,1,7H2,2H3/q+1. The van der Waals surface area contributed by atoms with E-state index < -0.39 is 10.0 Å². The van der Waals surface area contributed by atoms with E-state index in [4.69, 9.17) is 5.39 Å². The van der Waals surface area contributed by atoms with Crippen molar-refractivity contribution in [1.82, 2.24) is 0 Å². The number of nitrogens with zero attached hydrogens (tertiary/aromatic N) is 3. The SMILES string of the molecule is C=C(Br)CN(c1ccccc1[N+]#N)S(C)(=O)=O. The fraction of sp³-hybridized carbons (Fsp3) is 0.200. The first-order chi connectivity index (χ1) is 7.86. The molecule has 17 heavy (non-hydrogen) atoms. The van der Waals surface area contributed by atoms with Crippen LogP contribution in [0.25, 0.3) is 4.98 Å². The lowest BCUT2D eigenvalue weighted by Gasteiger charge is -2.19. The molecule has 1 aromatic carbocycles. The van der Waals surface area contributed by atoms with Crippen LogP contribution >= 0.6 is 15.9 Å². The average molecular weight is 317 g/mol. The van der Waals surface area contributed by atoms with E-state index in [0.717, 1.165) is 10.6 Å². The summed E-state index contributed by atoms with van der Waals surface area (Å²) in [5.41, 5.74) is 0.491. The van der Waals surface area contributed by atoms with Gasteiger partial charge >= 0.3 is 5.69 Å². The number of rotatable bonds is 4. The molecule has 0 aliphatic heterocycles. The molecule has 0 heterocycles. The van der Waals surface area contributed by atoms with Crippen molar-refractivity contribution in [1.29, 1.82) is 5.39 Å². The Morgan fingerprint density at radius 1 is 1.53 bits per heavy atom. The normalized spacial score (nSPS) is 10.6. The van der Waals surface area contributed by atoms with Gasteiger partial charge in [-0.1, -0.05) is 34.6 Å². The van der Waals surface area contributed by atoms with Crippen molar-refractivity contribution < 1.29 is 8.42 Å². The summed E-state index contributed by atoms with van der Waals surface area (Å²) in [6.45, 7) is 3.68. The highest BCUT2D eigenvalue weighted by molar-refractivity contribution is 9.11. The van der Waals surface area contributed by atoms with E-state index in [1.54, 1.807) is 18.2 Å². The molecule has 0 saturated carbocycles. The summed E-state index contributed by atoms with van der Waals surface area (Å²) < 4.78 is 25.0. The molecule has 0 spiro atoms. The van der Waals surface area contributed by atoms with Gasteiger partial charge in [-0.15, -0.1) is 0 Å². The molecule has 0 unspecified atom stereocenters. The van der Waals surface area contributed by atoms with Gasteiger partial charge in [0, 0.05) is 10.5 Å². The van der Waals surface area contributed by atoms with Crippen LogP contribution in [0.2, 0.25) is 0 Å². The fourth-order valence-corrected chi connectivity index (χ4v) is 2.62. The third kappa shape index (κ3) is 3.54. The van der Waals surface area contributed by atoms with E-state index in [1.807, 2.05) is 0 Å². The minimum atomic E-state index is -3.47. The van der Waals surface area contributed by atoms with Gasteiger partial charge in [-0.2, -0.15) is 0 Å². The number of hydrogen-bond acceptors (Lipinski definition) is 3. The minimum absolute atomic E-state index is 0.0748. The number of diazo groups is 1. The van der Waals surface area contributed by atoms with Crippen LogP contribution in [-0.2, 0) is 10.0 Å². The zero-order chi connectivity index (χ0) is 13.1. The molecule has 5 nitrogen and oxygen atoms in total. The Morgan fingerprint density at radius 3 is 2.59 bits per heavy atom. The number of para-hydroxylation sites is 1. The molecule has 0 saturated heterocycles. The molecule has 90 valence electrons. The Kier molecular flexibility index (Phi) is 4.26. The Bertz CT molecular complexity index is 577. The lowest BCUT2D eigenvalue weighted by molar-refractivity contribution is 0.598. The molecule has 0 bridgehead atoms. The molecule has 0 aromatic heterocycles. The van der Waals surface area contributed by atoms with Crippen LogP contribution in [0.15, 0.2) is 35.3 Å². The fourth-order valence-electron chi connectivity index (χ4n) is 1.30. The van der Waals surface area contributed by atoms with Crippen LogP contribution in [0.5, 0.6) is 0 Å². The van der Waals surface area contributed by atoms with Crippen molar-refractivity contribution >= 4 is 37.3 Å².